The average Bonchev–Trinajstić information content (AvgIpc) is 3.04. The van der Waals surface area contributed by atoms with Gasteiger partial charge in [-0.1, -0.05) is 42.3 Å². The Hall–Kier alpha value is -1.87. The molecule has 1 saturated carbocycles. The Bertz CT molecular complexity index is 782. The van der Waals surface area contributed by atoms with Gasteiger partial charge in [0.25, 0.3) is 0 Å². The number of allylic oxidation sites excluding steroid dienone is 1. The third kappa shape index (κ3) is 2.83. The van der Waals surface area contributed by atoms with Gasteiger partial charge >= 0.3 is 5.97 Å². The molecule has 2 aliphatic carbocycles. The number of esters is 1. The van der Waals surface area contributed by atoms with Crippen LogP contribution in [0.4, 0.5) is 0 Å². The van der Waals surface area contributed by atoms with E-state index in [0.717, 1.165) is 43.2 Å². The minimum Gasteiger partial charge on any atom is -0.458 e. The molecule has 0 amide bonds. The molecule has 138 valence electrons. The lowest BCUT2D eigenvalue weighted by Crippen LogP contribution is -2.40. The maximum Gasteiger partial charge on any atom is 0.334 e. The maximum atomic E-state index is 12.7. The van der Waals surface area contributed by atoms with Crippen molar-refractivity contribution < 1.29 is 14.6 Å². The second-order valence-electron chi connectivity index (χ2n) is 8.35. The van der Waals surface area contributed by atoms with E-state index in [-0.39, 0.29) is 23.9 Å². The SMILES string of the molecule is CCc1ccc(/C=C2/C(=O)O[C@H]3[C@H]2CCC(C)=C2CC[C@@](C)(O)[C@@H]23)cc1. The summed E-state index contributed by atoms with van der Waals surface area (Å²) >= 11 is 0. The predicted molar refractivity (Wildman–Crippen MR) is 102 cm³/mol. The molecule has 2 fully saturated rings. The first-order valence-corrected chi connectivity index (χ1v) is 9.83. The third-order valence-electron chi connectivity index (χ3n) is 6.64. The fourth-order valence-corrected chi connectivity index (χ4v) is 5.05. The van der Waals surface area contributed by atoms with Crippen LogP contribution in [0.1, 0.15) is 57.6 Å². The molecule has 4 rings (SSSR count). The zero-order valence-electron chi connectivity index (χ0n) is 15.9. The molecule has 1 aliphatic heterocycles. The van der Waals surface area contributed by atoms with Crippen molar-refractivity contribution in [3.63, 3.8) is 0 Å². The van der Waals surface area contributed by atoms with E-state index in [9.17, 15) is 9.90 Å². The zero-order valence-corrected chi connectivity index (χ0v) is 15.9. The van der Waals surface area contributed by atoms with Crippen molar-refractivity contribution in [2.75, 3.05) is 0 Å². The first kappa shape index (κ1) is 17.5. The number of carbonyl (C=O) groups excluding carboxylic acids is 1. The smallest absolute Gasteiger partial charge is 0.334 e. The molecule has 3 aliphatic rings. The number of hydrogen-bond donors (Lipinski definition) is 1. The van der Waals surface area contributed by atoms with Gasteiger partial charge in [0.15, 0.2) is 0 Å². The van der Waals surface area contributed by atoms with Gasteiger partial charge in [-0.15, -0.1) is 0 Å². The molecule has 4 atom stereocenters. The van der Waals surface area contributed by atoms with Crippen molar-refractivity contribution in [1.29, 1.82) is 0 Å². The van der Waals surface area contributed by atoms with E-state index in [1.54, 1.807) is 0 Å². The van der Waals surface area contributed by atoms with Crippen LogP contribution in [0.25, 0.3) is 6.08 Å². The van der Waals surface area contributed by atoms with Crippen LogP contribution in [0.15, 0.2) is 41.0 Å². The number of hydrogen-bond acceptors (Lipinski definition) is 3. The molecule has 1 heterocycles. The monoisotopic (exact) mass is 352 g/mol. The van der Waals surface area contributed by atoms with Crippen LogP contribution in [0.5, 0.6) is 0 Å². The highest BCUT2D eigenvalue weighted by atomic mass is 16.6. The minimum atomic E-state index is -0.789. The molecule has 26 heavy (non-hydrogen) atoms. The molecule has 1 N–H and O–H groups in total. The Balaban J connectivity index is 1.70. The summed E-state index contributed by atoms with van der Waals surface area (Å²) in [5.74, 6) is -0.205. The van der Waals surface area contributed by atoms with Crippen LogP contribution in [-0.4, -0.2) is 22.8 Å². The molecular formula is C23H28O3. The molecule has 0 aromatic heterocycles. The van der Waals surface area contributed by atoms with Gasteiger partial charge in [0.05, 0.1) is 5.60 Å². The van der Waals surface area contributed by atoms with Gasteiger partial charge < -0.3 is 9.84 Å². The second kappa shape index (κ2) is 6.38. The van der Waals surface area contributed by atoms with Crippen molar-refractivity contribution in [2.24, 2.45) is 11.8 Å². The summed E-state index contributed by atoms with van der Waals surface area (Å²) < 4.78 is 5.87. The number of ether oxygens (including phenoxy) is 1. The van der Waals surface area contributed by atoms with E-state index >= 15 is 0 Å². The van der Waals surface area contributed by atoms with E-state index in [0.29, 0.717) is 0 Å². The molecule has 0 spiro atoms. The Morgan fingerprint density at radius 2 is 2.00 bits per heavy atom. The molecule has 3 nitrogen and oxygen atoms in total. The van der Waals surface area contributed by atoms with Gasteiger partial charge in [0, 0.05) is 17.4 Å². The highest BCUT2D eigenvalue weighted by Crippen LogP contribution is 2.52. The molecule has 0 bridgehead atoms. The van der Waals surface area contributed by atoms with E-state index in [4.69, 9.17) is 4.74 Å². The summed E-state index contributed by atoms with van der Waals surface area (Å²) in [5, 5.41) is 11.0. The maximum absolute atomic E-state index is 12.7. The first-order chi connectivity index (χ1) is 12.4. The largest absolute Gasteiger partial charge is 0.458 e. The van der Waals surface area contributed by atoms with Crippen molar-refractivity contribution in [1.82, 2.24) is 0 Å². The molecule has 0 unspecified atom stereocenters. The van der Waals surface area contributed by atoms with E-state index in [1.807, 2.05) is 13.0 Å². The number of aryl methyl sites for hydroxylation is 1. The summed E-state index contributed by atoms with van der Waals surface area (Å²) in [6, 6.07) is 8.37. The number of carbonyl (C=O) groups is 1. The molecule has 1 aromatic carbocycles. The van der Waals surface area contributed by atoms with Gasteiger partial charge in [-0.05, 0) is 63.2 Å². The highest BCUT2D eigenvalue weighted by Gasteiger charge is 2.54. The summed E-state index contributed by atoms with van der Waals surface area (Å²) in [4.78, 5) is 12.7. The first-order valence-electron chi connectivity index (χ1n) is 9.83. The standard InChI is InChI=1S/C23H28O3/c1-4-15-6-8-16(9-7-15)13-19-18-10-5-14(2)17-11-12-23(3,25)20(17)21(18)26-22(19)24/h6-9,13,18,20-21,25H,4-5,10-12H2,1-3H3/b19-13+/t18-,20-,21-,23+/m0/s1. The van der Waals surface area contributed by atoms with Crippen LogP contribution < -0.4 is 0 Å². The van der Waals surface area contributed by atoms with Gasteiger partial charge in [0.1, 0.15) is 6.10 Å². The molecule has 1 saturated heterocycles. The predicted octanol–water partition coefficient (Wildman–Crippen LogP) is 4.45. The molecule has 0 radical (unpaired) electrons. The highest BCUT2D eigenvalue weighted by molar-refractivity contribution is 5.96. The van der Waals surface area contributed by atoms with E-state index in [1.165, 1.54) is 16.7 Å². The second-order valence-corrected chi connectivity index (χ2v) is 8.35. The Morgan fingerprint density at radius 3 is 2.69 bits per heavy atom. The number of benzene rings is 1. The van der Waals surface area contributed by atoms with Crippen molar-refractivity contribution in [2.45, 2.75) is 64.6 Å². The molecular weight excluding hydrogens is 324 g/mol. The summed E-state index contributed by atoms with van der Waals surface area (Å²) in [6.07, 6.45) is 6.34. The number of rotatable bonds is 2. The average molecular weight is 352 g/mol. The third-order valence-corrected chi connectivity index (χ3v) is 6.64. The number of fused-ring (bicyclic) bond motifs is 3. The lowest BCUT2D eigenvalue weighted by atomic mass is 9.79. The Kier molecular flexibility index (Phi) is 4.31. The van der Waals surface area contributed by atoms with Crippen LogP contribution in [0.3, 0.4) is 0 Å². The Morgan fingerprint density at radius 1 is 1.27 bits per heavy atom. The van der Waals surface area contributed by atoms with Crippen LogP contribution in [0, 0.1) is 11.8 Å². The normalized spacial score (nSPS) is 35.3. The van der Waals surface area contributed by atoms with E-state index < -0.39 is 5.60 Å². The van der Waals surface area contributed by atoms with Crippen LogP contribution in [-0.2, 0) is 16.0 Å². The van der Waals surface area contributed by atoms with Gasteiger partial charge in [-0.2, -0.15) is 0 Å². The van der Waals surface area contributed by atoms with Crippen molar-refractivity contribution in [3.8, 4) is 0 Å². The fraction of sp³-hybridized carbons (Fsp3) is 0.522. The van der Waals surface area contributed by atoms with Crippen molar-refractivity contribution in [3.05, 3.63) is 52.1 Å². The van der Waals surface area contributed by atoms with Gasteiger partial charge in [0.2, 0.25) is 0 Å². The van der Waals surface area contributed by atoms with Gasteiger partial charge in [-0.3, -0.25) is 0 Å². The van der Waals surface area contributed by atoms with Crippen LogP contribution >= 0.6 is 0 Å². The minimum absolute atomic E-state index is 0.0627. The Labute approximate surface area is 155 Å². The van der Waals surface area contributed by atoms with Crippen molar-refractivity contribution >= 4 is 12.0 Å². The fourth-order valence-electron chi connectivity index (χ4n) is 5.05. The van der Waals surface area contributed by atoms with Gasteiger partial charge in [-0.25, -0.2) is 4.79 Å². The molecule has 3 heteroatoms. The lowest BCUT2D eigenvalue weighted by Gasteiger charge is -2.32. The summed E-state index contributed by atoms with van der Waals surface area (Å²) in [6.45, 7) is 6.22. The number of aliphatic hydroxyl groups is 1. The zero-order chi connectivity index (χ0) is 18.5. The summed E-state index contributed by atoms with van der Waals surface area (Å²) in [7, 11) is 0. The quantitative estimate of drug-likeness (QED) is 0.486. The summed E-state index contributed by atoms with van der Waals surface area (Å²) in [5.41, 5.74) is 5.02. The lowest BCUT2D eigenvalue weighted by molar-refractivity contribution is -0.144. The molecule has 1 aromatic rings. The topological polar surface area (TPSA) is 46.5 Å². The van der Waals surface area contributed by atoms with E-state index in [2.05, 4.69) is 38.1 Å². The van der Waals surface area contributed by atoms with Crippen LogP contribution in [0.2, 0.25) is 0 Å².